The Morgan fingerprint density at radius 1 is 0.933 bits per heavy atom. The van der Waals surface area contributed by atoms with Gasteiger partial charge in [-0.05, 0) is 43.2 Å². The lowest BCUT2D eigenvalue weighted by atomic mass is 10.1. The molecule has 0 atom stereocenters. The van der Waals surface area contributed by atoms with Crippen LogP contribution in [0.4, 0.5) is 11.4 Å². The van der Waals surface area contributed by atoms with Crippen LogP contribution >= 0.6 is 11.6 Å². The average molecular weight is 425 g/mol. The third-order valence-corrected chi connectivity index (χ3v) is 5.94. The summed E-state index contributed by atoms with van der Waals surface area (Å²) in [7, 11) is 0. The lowest BCUT2D eigenvalue weighted by molar-refractivity contribution is -0.124. The Morgan fingerprint density at radius 3 is 2.37 bits per heavy atom. The largest absolute Gasteiger partial charge is 0.368 e. The Bertz CT molecular complexity index is 1010. The Labute approximate surface area is 181 Å². The van der Waals surface area contributed by atoms with E-state index in [4.69, 9.17) is 11.6 Å². The van der Waals surface area contributed by atoms with Gasteiger partial charge in [0.2, 0.25) is 5.91 Å². The van der Waals surface area contributed by atoms with Gasteiger partial charge in [-0.3, -0.25) is 9.59 Å². The predicted molar refractivity (Wildman–Crippen MR) is 120 cm³/mol. The number of para-hydroxylation sites is 1. The van der Waals surface area contributed by atoms with Crippen molar-refractivity contribution < 1.29 is 9.59 Å². The second-order valence-electron chi connectivity index (χ2n) is 7.75. The molecule has 2 heterocycles. The molecule has 1 fully saturated rings. The fourth-order valence-electron chi connectivity index (χ4n) is 3.95. The molecule has 0 saturated carbocycles. The number of hydrazone groups is 1. The minimum absolute atomic E-state index is 0.0800. The zero-order valence-electron chi connectivity index (χ0n) is 17.3. The van der Waals surface area contributed by atoms with Crippen LogP contribution in [0.3, 0.4) is 0 Å². The number of nitrogens with zero attached hydrogens (tertiary/aromatic N) is 4. The Kier molecular flexibility index (Phi) is 5.77. The lowest BCUT2D eigenvalue weighted by Crippen LogP contribution is -2.51. The molecule has 2 amide bonds. The monoisotopic (exact) mass is 424 g/mol. The molecular formula is C23H25ClN4O2. The van der Waals surface area contributed by atoms with Crippen molar-refractivity contribution in [1.29, 1.82) is 0 Å². The molecule has 2 aliphatic rings. The van der Waals surface area contributed by atoms with Crippen molar-refractivity contribution in [3.63, 3.8) is 0 Å². The van der Waals surface area contributed by atoms with Crippen molar-refractivity contribution in [1.82, 2.24) is 4.90 Å². The summed E-state index contributed by atoms with van der Waals surface area (Å²) in [6.07, 6.45) is 0.675. The van der Waals surface area contributed by atoms with Crippen LogP contribution < -0.4 is 9.91 Å². The maximum absolute atomic E-state index is 13.1. The molecule has 0 bridgehead atoms. The number of piperazine rings is 1. The van der Waals surface area contributed by atoms with Crippen LogP contribution in [-0.4, -0.2) is 48.6 Å². The minimum atomic E-state index is -0.0814. The van der Waals surface area contributed by atoms with E-state index in [2.05, 4.69) is 16.9 Å². The molecule has 4 rings (SSSR count). The van der Waals surface area contributed by atoms with Crippen LogP contribution in [0, 0.1) is 13.8 Å². The number of carbonyl (C=O) groups is 2. The van der Waals surface area contributed by atoms with Crippen LogP contribution in [0.25, 0.3) is 0 Å². The van der Waals surface area contributed by atoms with Crippen molar-refractivity contribution >= 4 is 40.5 Å². The molecule has 0 spiro atoms. The van der Waals surface area contributed by atoms with Crippen molar-refractivity contribution in [3.05, 3.63) is 58.6 Å². The number of hydrogen-bond donors (Lipinski definition) is 0. The third kappa shape index (κ3) is 4.05. The van der Waals surface area contributed by atoms with Gasteiger partial charge in [0.25, 0.3) is 5.91 Å². The van der Waals surface area contributed by atoms with Crippen molar-refractivity contribution in [3.8, 4) is 0 Å². The number of rotatable bonds is 3. The van der Waals surface area contributed by atoms with E-state index in [1.165, 1.54) is 10.6 Å². The van der Waals surface area contributed by atoms with Crippen molar-refractivity contribution in [2.75, 3.05) is 36.1 Å². The van der Waals surface area contributed by atoms with E-state index in [0.29, 0.717) is 36.7 Å². The molecule has 156 valence electrons. The van der Waals surface area contributed by atoms with E-state index in [9.17, 15) is 9.59 Å². The quantitative estimate of drug-likeness (QED) is 0.753. The number of hydrogen-bond acceptors (Lipinski definition) is 4. The summed E-state index contributed by atoms with van der Waals surface area (Å²) in [4.78, 5) is 29.6. The van der Waals surface area contributed by atoms with Crippen molar-refractivity contribution in [2.45, 2.75) is 26.7 Å². The first-order chi connectivity index (χ1) is 14.4. The average Bonchev–Trinajstić information content (AvgIpc) is 2.76. The highest BCUT2D eigenvalue weighted by Gasteiger charge is 2.30. The van der Waals surface area contributed by atoms with Crippen molar-refractivity contribution in [2.24, 2.45) is 5.10 Å². The van der Waals surface area contributed by atoms with E-state index in [1.807, 2.05) is 54.3 Å². The number of amides is 2. The van der Waals surface area contributed by atoms with Gasteiger partial charge >= 0.3 is 0 Å². The summed E-state index contributed by atoms with van der Waals surface area (Å²) in [6.45, 7) is 6.70. The van der Waals surface area contributed by atoms with Gasteiger partial charge in [0, 0.05) is 49.7 Å². The van der Waals surface area contributed by atoms with Gasteiger partial charge in [-0.15, -0.1) is 0 Å². The molecular weight excluding hydrogens is 400 g/mol. The zero-order chi connectivity index (χ0) is 21.3. The summed E-state index contributed by atoms with van der Waals surface area (Å²) in [6, 6.07) is 13.5. The summed E-state index contributed by atoms with van der Waals surface area (Å²) in [5.74, 6) is -0.161. The predicted octanol–water partition coefficient (Wildman–Crippen LogP) is 3.79. The van der Waals surface area contributed by atoms with E-state index in [1.54, 1.807) is 0 Å². The Hall–Kier alpha value is -2.86. The van der Waals surface area contributed by atoms with Gasteiger partial charge in [-0.1, -0.05) is 35.9 Å². The second kappa shape index (κ2) is 8.48. The summed E-state index contributed by atoms with van der Waals surface area (Å²) >= 11 is 6.16. The standard InChI is InChI=1S/C23H25ClN4O2/c1-16-5-3-4-6-20(16)28-22(29)10-9-19(25-28)23(30)27-13-11-26(12-14-27)21-15-18(24)8-7-17(21)2/h3-8,15H,9-14H2,1-2H3. The molecule has 0 radical (unpaired) electrons. The molecule has 30 heavy (non-hydrogen) atoms. The maximum atomic E-state index is 13.1. The molecule has 0 aromatic heterocycles. The van der Waals surface area contributed by atoms with Gasteiger partial charge in [0.05, 0.1) is 5.69 Å². The maximum Gasteiger partial charge on any atom is 0.270 e. The number of halogens is 1. The zero-order valence-corrected chi connectivity index (χ0v) is 18.0. The summed E-state index contributed by atoms with van der Waals surface area (Å²) < 4.78 is 0. The highest BCUT2D eigenvalue weighted by molar-refractivity contribution is 6.40. The fourth-order valence-corrected chi connectivity index (χ4v) is 4.12. The number of carbonyl (C=O) groups excluding carboxylic acids is 2. The molecule has 2 aromatic rings. The van der Waals surface area contributed by atoms with Gasteiger partial charge in [0.1, 0.15) is 5.71 Å². The van der Waals surface area contributed by atoms with Crippen LogP contribution in [0.15, 0.2) is 47.6 Å². The summed E-state index contributed by atoms with van der Waals surface area (Å²) in [5, 5.41) is 6.55. The minimum Gasteiger partial charge on any atom is -0.368 e. The first kappa shape index (κ1) is 20.4. The molecule has 2 aliphatic heterocycles. The Balaban J connectivity index is 1.47. The van der Waals surface area contributed by atoms with E-state index in [-0.39, 0.29) is 11.8 Å². The fraction of sp³-hybridized carbons (Fsp3) is 0.348. The second-order valence-corrected chi connectivity index (χ2v) is 8.19. The number of anilines is 2. The van der Waals surface area contributed by atoms with Crippen LogP contribution in [-0.2, 0) is 9.59 Å². The molecule has 0 unspecified atom stereocenters. The molecule has 0 aliphatic carbocycles. The lowest BCUT2D eigenvalue weighted by Gasteiger charge is -2.37. The Morgan fingerprint density at radius 2 is 1.63 bits per heavy atom. The number of aryl methyl sites for hydroxylation is 2. The summed E-state index contributed by atoms with van der Waals surface area (Å²) in [5.41, 5.74) is 4.41. The van der Waals surface area contributed by atoms with Gasteiger partial charge in [-0.2, -0.15) is 5.10 Å². The smallest absolute Gasteiger partial charge is 0.270 e. The normalized spacial score (nSPS) is 17.2. The van der Waals surface area contributed by atoms with Gasteiger partial charge in [-0.25, -0.2) is 5.01 Å². The highest BCUT2D eigenvalue weighted by Crippen LogP contribution is 2.27. The SMILES string of the molecule is Cc1ccc(Cl)cc1N1CCN(C(=O)C2=NN(c3ccccc3C)C(=O)CC2)CC1. The van der Waals surface area contributed by atoms with Crippen LogP contribution in [0.1, 0.15) is 24.0 Å². The molecule has 2 aromatic carbocycles. The third-order valence-electron chi connectivity index (χ3n) is 5.70. The highest BCUT2D eigenvalue weighted by atomic mass is 35.5. The molecule has 1 saturated heterocycles. The molecule has 6 nitrogen and oxygen atoms in total. The number of benzene rings is 2. The molecule has 7 heteroatoms. The van der Waals surface area contributed by atoms with Gasteiger partial charge in [0.15, 0.2) is 0 Å². The van der Waals surface area contributed by atoms with E-state index < -0.39 is 0 Å². The first-order valence-corrected chi connectivity index (χ1v) is 10.6. The van der Waals surface area contributed by atoms with E-state index >= 15 is 0 Å². The van der Waals surface area contributed by atoms with Crippen LogP contribution in [0.2, 0.25) is 5.02 Å². The topological polar surface area (TPSA) is 56.2 Å². The van der Waals surface area contributed by atoms with Gasteiger partial charge < -0.3 is 9.80 Å². The van der Waals surface area contributed by atoms with Crippen LogP contribution in [0.5, 0.6) is 0 Å². The first-order valence-electron chi connectivity index (χ1n) is 10.2. The van der Waals surface area contributed by atoms with E-state index in [0.717, 1.165) is 30.0 Å². The molecule has 0 N–H and O–H groups in total.